The Morgan fingerprint density at radius 3 is 2.21 bits per heavy atom. The van der Waals surface area contributed by atoms with Crippen LogP contribution in [-0.4, -0.2) is 0 Å². The molecule has 0 heterocycles. The Hall–Kier alpha value is -0.710. The van der Waals surface area contributed by atoms with Gasteiger partial charge in [-0.15, -0.1) is 11.6 Å². The maximum absolute atomic E-state index is 13.2. The predicted octanol–water partition coefficient (Wildman–Crippen LogP) is 5.85. The highest BCUT2D eigenvalue weighted by atomic mass is 79.9. The monoisotopic (exact) mass is 368 g/mol. The molecule has 0 bridgehead atoms. The summed E-state index contributed by atoms with van der Waals surface area (Å²) < 4.78 is 39.6. The Kier molecular flexibility index (Phi) is 4.43. The fourth-order valence-corrected chi connectivity index (χ4v) is 2.61. The first-order valence-corrected chi connectivity index (χ1v) is 6.74. The predicted molar refractivity (Wildman–Crippen MR) is 73.2 cm³/mol. The minimum Gasteiger partial charge on any atom is -0.206 e. The van der Waals surface area contributed by atoms with Gasteiger partial charge < -0.3 is 0 Å². The summed E-state index contributed by atoms with van der Waals surface area (Å²) in [6, 6.07) is 5.94. The molecule has 0 fully saturated rings. The van der Waals surface area contributed by atoms with E-state index in [1.54, 1.807) is 0 Å². The number of rotatable bonds is 2. The van der Waals surface area contributed by atoms with E-state index in [0.717, 1.165) is 12.1 Å². The third-order valence-corrected chi connectivity index (χ3v) is 3.97. The molecule has 0 aliphatic heterocycles. The first-order chi connectivity index (χ1) is 8.90. The standard InChI is InChI=1S/C13H6BrCl2F3/c14-8-3-6(1-2-10(8)17)13(16)7-4-11(18)12(19)5-9(7)15/h1-5,13H. The van der Waals surface area contributed by atoms with Crippen molar-refractivity contribution in [2.75, 3.05) is 0 Å². The molecule has 2 aromatic rings. The minimum absolute atomic E-state index is 0.0133. The molecular formula is C13H6BrCl2F3. The average Bonchev–Trinajstić information content (AvgIpc) is 2.36. The lowest BCUT2D eigenvalue weighted by Crippen LogP contribution is -1.98. The normalized spacial score (nSPS) is 12.5. The van der Waals surface area contributed by atoms with Gasteiger partial charge in [0.05, 0.1) is 9.85 Å². The SMILES string of the molecule is Fc1cc(Cl)c(C(Cl)c2ccc(F)c(Br)c2)cc1F. The van der Waals surface area contributed by atoms with Crippen molar-refractivity contribution in [2.24, 2.45) is 0 Å². The molecule has 0 radical (unpaired) electrons. The van der Waals surface area contributed by atoms with Gasteiger partial charge in [-0.25, -0.2) is 13.2 Å². The Morgan fingerprint density at radius 2 is 1.58 bits per heavy atom. The Morgan fingerprint density at radius 1 is 0.947 bits per heavy atom. The Balaban J connectivity index is 2.46. The van der Waals surface area contributed by atoms with Gasteiger partial charge in [0.1, 0.15) is 5.82 Å². The number of hydrogen-bond acceptors (Lipinski definition) is 0. The molecular weight excluding hydrogens is 364 g/mol. The van der Waals surface area contributed by atoms with Crippen LogP contribution >= 0.6 is 39.1 Å². The summed E-state index contributed by atoms with van der Waals surface area (Å²) in [4.78, 5) is 0. The van der Waals surface area contributed by atoms with Crippen LogP contribution in [-0.2, 0) is 0 Å². The van der Waals surface area contributed by atoms with E-state index >= 15 is 0 Å². The summed E-state index contributed by atoms with van der Waals surface area (Å²) in [6.45, 7) is 0. The van der Waals surface area contributed by atoms with Crippen LogP contribution in [0.25, 0.3) is 0 Å². The van der Waals surface area contributed by atoms with E-state index in [9.17, 15) is 13.2 Å². The lowest BCUT2D eigenvalue weighted by atomic mass is 10.0. The van der Waals surface area contributed by atoms with Crippen LogP contribution in [0.3, 0.4) is 0 Å². The van der Waals surface area contributed by atoms with Gasteiger partial charge in [-0.1, -0.05) is 17.7 Å². The summed E-state index contributed by atoms with van der Waals surface area (Å²) in [5, 5.41) is -0.793. The molecule has 0 N–H and O–H groups in total. The highest BCUT2D eigenvalue weighted by molar-refractivity contribution is 9.10. The average molecular weight is 370 g/mol. The van der Waals surface area contributed by atoms with Crippen LogP contribution in [0, 0.1) is 17.5 Å². The largest absolute Gasteiger partial charge is 0.206 e. The summed E-state index contributed by atoms with van der Waals surface area (Å²) in [5.41, 5.74) is 0.739. The molecule has 0 amide bonds. The molecule has 2 rings (SSSR count). The lowest BCUT2D eigenvalue weighted by molar-refractivity contribution is 0.507. The van der Waals surface area contributed by atoms with Crippen LogP contribution in [0.1, 0.15) is 16.5 Å². The van der Waals surface area contributed by atoms with Gasteiger partial charge >= 0.3 is 0 Å². The van der Waals surface area contributed by atoms with Gasteiger partial charge in [0.25, 0.3) is 0 Å². The van der Waals surface area contributed by atoms with Gasteiger partial charge in [-0.2, -0.15) is 0 Å². The van der Waals surface area contributed by atoms with E-state index in [-0.39, 0.29) is 15.1 Å². The second-order valence-electron chi connectivity index (χ2n) is 3.82. The quantitative estimate of drug-likeness (QED) is 0.460. The zero-order chi connectivity index (χ0) is 14.2. The minimum atomic E-state index is -1.04. The molecule has 0 saturated carbocycles. The number of halogens is 6. The van der Waals surface area contributed by atoms with Gasteiger partial charge in [0.2, 0.25) is 0 Å². The van der Waals surface area contributed by atoms with Crippen LogP contribution in [0.4, 0.5) is 13.2 Å². The second kappa shape index (κ2) is 5.73. The lowest BCUT2D eigenvalue weighted by Gasteiger charge is -2.13. The Labute approximate surface area is 126 Å². The van der Waals surface area contributed by atoms with Crippen LogP contribution < -0.4 is 0 Å². The second-order valence-corrected chi connectivity index (χ2v) is 5.52. The summed E-state index contributed by atoms with van der Waals surface area (Å²) >= 11 is 15.0. The van der Waals surface area contributed by atoms with Gasteiger partial charge in [0.15, 0.2) is 11.6 Å². The molecule has 0 saturated heterocycles. The summed E-state index contributed by atoms with van der Waals surface area (Å²) in [5.74, 6) is -2.52. The van der Waals surface area contributed by atoms with Crippen molar-refractivity contribution in [2.45, 2.75) is 5.38 Å². The van der Waals surface area contributed by atoms with Gasteiger partial charge in [0, 0.05) is 5.02 Å². The van der Waals surface area contributed by atoms with Crippen LogP contribution in [0.15, 0.2) is 34.8 Å². The van der Waals surface area contributed by atoms with Crippen LogP contribution in [0.2, 0.25) is 5.02 Å². The first kappa shape index (κ1) is 14.7. The maximum atomic E-state index is 13.2. The number of benzene rings is 2. The zero-order valence-corrected chi connectivity index (χ0v) is 12.3. The molecule has 0 spiro atoms. The van der Waals surface area contributed by atoms with Crippen molar-refractivity contribution in [3.05, 3.63) is 68.4 Å². The molecule has 1 atom stereocenters. The third kappa shape index (κ3) is 3.07. The first-order valence-electron chi connectivity index (χ1n) is 5.13. The molecule has 1 unspecified atom stereocenters. The smallest absolute Gasteiger partial charge is 0.160 e. The highest BCUT2D eigenvalue weighted by Gasteiger charge is 2.18. The summed E-state index contributed by atoms with van der Waals surface area (Å²) in [6.07, 6.45) is 0. The van der Waals surface area contributed by atoms with E-state index in [2.05, 4.69) is 15.9 Å². The molecule has 0 nitrogen and oxygen atoms in total. The molecule has 0 aromatic heterocycles. The molecule has 6 heteroatoms. The Bertz CT molecular complexity index is 632. The summed E-state index contributed by atoms with van der Waals surface area (Å²) in [7, 11) is 0. The van der Waals surface area contributed by atoms with Gasteiger partial charge in [-0.3, -0.25) is 0 Å². The van der Waals surface area contributed by atoms with Crippen molar-refractivity contribution in [1.82, 2.24) is 0 Å². The van der Waals surface area contributed by atoms with Crippen LogP contribution in [0.5, 0.6) is 0 Å². The number of alkyl halides is 1. The van der Waals surface area contributed by atoms with E-state index in [4.69, 9.17) is 23.2 Å². The third-order valence-electron chi connectivity index (χ3n) is 2.55. The van der Waals surface area contributed by atoms with Crippen molar-refractivity contribution < 1.29 is 13.2 Å². The van der Waals surface area contributed by atoms with E-state index in [0.29, 0.717) is 5.56 Å². The van der Waals surface area contributed by atoms with Crippen molar-refractivity contribution >= 4 is 39.1 Å². The molecule has 19 heavy (non-hydrogen) atoms. The molecule has 0 aliphatic carbocycles. The molecule has 0 aliphatic rings. The zero-order valence-electron chi connectivity index (χ0n) is 9.23. The van der Waals surface area contributed by atoms with E-state index in [1.165, 1.54) is 18.2 Å². The molecule has 2 aromatic carbocycles. The topological polar surface area (TPSA) is 0 Å². The maximum Gasteiger partial charge on any atom is 0.160 e. The molecule has 100 valence electrons. The van der Waals surface area contributed by atoms with Crippen molar-refractivity contribution in [3.8, 4) is 0 Å². The van der Waals surface area contributed by atoms with Crippen molar-refractivity contribution in [1.29, 1.82) is 0 Å². The fraction of sp³-hybridized carbons (Fsp3) is 0.0769. The highest BCUT2D eigenvalue weighted by Crippen LogP contribution is 2.36. The van der Waals surface area contributed by atoms with Crippen molar-refractivity contribution in [3.63, 3.8) is 0 Å². The number of hydrogen-bond donors (Lipinski definition) is 0. The van der Waals surface area contributed by atoms with Gasteiger partial charge in [-0.05, 0) is 51.3 Å². The van der Waals surface area contributed by atoms with E-state index in [1.807, 2.05) is 0 Å². The van der Waals surface area contributed by atoms with E-state index < -0.39 is 22.8 Å². The fourth-order valence-electron chi connectivity index (χ4n) is 1.58.